The molecule has 1 aromatic carbocycles. The van der Waals surface area contributed by atoms with Gasteiger partial charge >= 0.3 is 0 Å². The standard InChI is InChI=1S/C13H18N2O3S/c1-16-6-2-5-14-13(19)15-8-10-3-4-11-12(7-10)18-9-17-11/h3-4,7H,2,5-6,8-9H2,1H3,(H2,14,15,19). The summed E-state index contributed by atoms with van der Waals surface area (Å²) in [7, 11) is 1.69. The predicted octanol–water partition coefficient (Wildman–Crippen LogP) is 1.42. The number of benzene rings is 1. The van der Waals surface area contributed by atoms with Crippen LogP contribution in [0.1, 0.15) is 12.0 Å². The van der Waals surface area contributed by atoms with E-state index >= 15 is 0 Å². The van der Waals surface area contributed by atoms with Crippen LogP contribution in [0.5, 0.6) is 11.5 Å². The number of hydrogen-bond donors (Lipinski definition) is 2. The number of nitrogens with one attached hydrogen (secondary N) is 2. The van der Waals surface area contributed by atoms with Crippen molar-refractivity contribution in [2.45, 2.75) is 13.0 Å². The van der Waals surface area contributed by atoms with Gasteiger partial charge in [-0.3, -0.25) is 0 Å². The fourth-order valence-corrected chi connectivity index (χ4v) is 1.89. The van der Waals surface area contributed by atoms with Crippen LogP contribution in [0.15, 0.2) is 18.2 Å². The Kier molecular flexibility index (Phi) is 5.23. The van der Waals surface area contributed by atoms with Gasteiger partial charge < -0.3 is 24.8 Å². The van der Waals surface area contributed by atoms with Crippen molar-refractivity contribution in [1.29, 1.82) is 0 Å². The summed E-state index contributed by atoms with van der Waals surface area (Å²) in [6, 6.07) is 5.87. The van der Waals surface area contributed by atoms with E-state index in [1.165, 1.54) is 0 Å². The minimum atomic E-state index is 0.297. The third kappa shape index (κ3) is 4.25. The maximum absolute atomic E-state index is 5.33. The van der Waals surface area contributed by atoms with Gasteiger partial charge in [-0.05, 0) is 36.3 Å². The summed E-state index contributed by atoms with van der Waals surface area (Å²) in [4.78, 5) is 0. The largest absolute Gasteiger partial charge is 0.454 e. The monoisotopic (exact) mass is 282 g/mol. The molecule has 1 aliphatic rings. The molecule has 0 atom stereocenters. The van der Waals surface area contributed by atoms with E-state index in [1.54, 1.807) is 7.11 Å². The summed E-state index contributed by atoms with van der Waals surface area (Å²) in [6.45, 7) is 2.50. The highest BCUT2D eigenvalue weighted by Crippen LogP contribution is 2.32. The zero-order valence-electron chi connectivity index (χ0n) is 10.9. The predicted molar refractivity (Wildman–Crippen MR) is 76.5 cm³/mol. The molecule has 2 rings (SSSR count). The molecule has 0 aliphatic carbocycles. The molecule has 1 aliphatic heterocycles. The first-order valence-electron chi connectivity index (χ1n) is 6.19. The molecule has 0 saturated heterocycles. The molecule has 0 unspecified atom stereocenters. The van der Waals surface area contributed by atoms with Crippen LogP contribution in [0.25, 0.3) is 0 Å². The van der Waals surface area contributed by atoms with Gasteiger partial charge in [0.1, 0.15) is 0 Å². The molecular weight excluding hydrogens is 264 g/mol. The van der Waals surface area contributed by atoms with E-state index in [0.29, 0.717) is 18.5 Å². The lowest BCUT2D eigenvalue weighted by Crippen LogP contribution is -2.35. The number of rotatable bonds is 6. The van der Waals surface area contributed by atoms with E-state index < -0.39 is 0 Å². The van der Waals surface area contributed by atoms with Crippen LogP contribution >= 0.6 is 12.2 Å². The molecule has 1 aromatic rings. The minimum absolute atomic E-state index is 0.297. The quantitative estimate of drug-likeness (QED) is 0.608. The number of methoxy groups -OCH3 is 1. The second-order valence-corrected chi connectivity index (χ2v) is 4.55. The summed E-state index contributed by atoms with van der Waals surface area (Å²) < 4.78 is 15.6. The Morgan fingerprint density at radius 2 is 2.16 bits per heavy atom. The third-order valence-electron chi connectivity index (χ3n) is 2.70. The molecule has 0 bridgehead atoms. The zero-order chi connectivity index (χ0) is 13.5. The van der Waals surface area contributed by atoms with Gasteiger partial charge in [0.15, 0.2) is 16.6 Å². The van der Waals surface area contributed by atoms with Crippen molar-refractivity contribution in [1.82, 2.24) is 10.6 Å². The zero-order valence-corrected chi connectivity index (χ0v) is 11.7. The van der Waals surface area contributed by atoms with Crippen LogP contribution < -0.4 is 20.1 Å². The average Bonchev–Trinajstić information content (AvgIpc) is 2.89. The first kappa shape index (κ1) is 13.9. The molecule has 0 aromatic heterocycles. The Hall–Kier alpha value is -1.53. The molecule has 0 radical (unpaired) electrons. The molecule has 19 heavy (non-hydrogen) atoms. The molecule has 5 nitrogen and oxygen atoms in total. The van der Waals surface area contributed by atoms with Crippen molar-refractivity contribution < 1.29 is 14.2 Å². The van der Waals surface area contributed by atoms with Crippen molar-refractivity contribution in [3.05, 3.63) is 23.8 Å². The summed E-state index contributed by atoms with van der Waals surface area (Å²) in [6.07, 6.45) is 0.933. The minimum Gasteiger partial charge on any atom is -0.454 e. The van der Waals surface area contributed by atoms with Crippen molar-refractivity contribution in [3.8, 4) is 11.5 Å². The molecule has 1 heterocycles. The van der Waals surface area contributed by atoms with E-state index in [9.17, 15) is 0 Å². The number of ether oxygens (including phenoxy) is 3. The number of hydrogen-bond acceptors (Lipinski definition) is 4. The third-order valence-corrected chi connectivity index (χ3v) is 2.99. The molecular formula is C13H18N2O3S. The van der Waals surface area contributed by atoms with Crippen LogP contribution in [0.4, 0.5) is 0 Å². The Morgan fingerprint density at radius 1 is 1.32 bits per heavy atom. The van der Waals surface area contributed by atoms with Gasteiger partial charge in [0, 0.05) is 26.8 Å². The molecule has 104 valence electrons. The van der Waals surface area contributed by atoms with Crippen molar-refractivity contribution in [2.75, 3.05) is 27.1 Å². The van der Waals surface area contributed by atoms with Gasteiger partial charge in [0.05, 0.1) is 0 Å². The second kappa shape index (κ2) is 7.16. The molecule has 6 heteroatoms. The maximum Gasteiger partial charge on any atom is 0.231 e. The Morgan fingerprint density at radius 3 is 3.00 bits per heavy atom. The fourth-order valence-electron chi connectivity index (χ4n) is 1.71. The Balaban J connectivity index is 1.71. The summed E-state index contributed by atoms with van der Waals surface area (Å²) in [5.74, 6) is 1.59. The summed E-state index contributed by atoms with van der Waals surface area (Å²) >= 11 is 5.18. The topological polar surface area (TPSA) is 51.8 Å². The molecule has 0 fully saturated rings. The second-order valence-electron chi connectivity index (χ2n) is 4.14. The molecule has 0 saturated carbocycles. The van der Waals surface area contributed by atoms with E-state index in [2.05, 4.69) is 10.6 Å². The first-order chi connectivity index (χ1) is 9.29. The molecule has 0 spiro atoms. The number of thiocarbonyl (C=S) groups is 1. The highest BCUT2D eigenvalue weighted by atomic mass is 32.1. The van der Waals surface area contributed by atoms with E-state index in [4.69, 9.17) is 26.4 Å². The van der Waals surface area contributed by atoms with Gasteiger partial charge in [0.2, 0.25) is 6.79 Å². The number of fused-ring (bicyclic) bond motifs is 1. The lowest BCUT2D eigenvalue weighted by molar-refractivity contribution is 0.174. The SMILES string of the molecule is COCCCNC(=S)NCc1ccc2c(c1)OCO2. The highest BCUT2D eigenvalue weighted by molar-refractivity contribution is 7.80. The van der Waals surface area contributed by atoms with Crippen molar-refractivity contribution in [3.63, 3.8) is 0 Å². The lowest BCUT2D eigenvalue weighted by Gasteiger charge is -2.10. The van der Waals surface area contributed by atoms with Gasteiger partial charge in [-0.25, -0.2) is 0 Å². The molecule has 0 amide bonds. The van der Waals surface area contributed by atoms with Crippen LogP contribution in [-0.2, 0) is 11.3 Å². The lowest BCUT2D eigenvalue weighted by atomic mass is 10.2. The Bertz CT molecular complexity index is 440. The fraction of sp³-hybridized carbons (Fsp3) is 0.462. The van der Waals surface area contributed by atoms with Crippen LogP contribution in [0, 0.1) is 0 Å². The highest BCUT2D eigenvalue weighted by Gasteiger charge is 2.12. The van der Waals surface area contributed by atoms with Crippen LogP contribution in [-0.4, -0.2) is 32.2 Å². The first-order valence-corrected chi connectivity index (χ1v) is 6.59. The van der Waals surface area contributed by atoms with Gasteiger partial charge in [-0.1, -0.05) is 6.07 Å². The summed E-state index contributed by atoms with van der Waals surface area (Å²) in [5.41, 5.74) is 1.10. The van der Waals surface area contributed by atoms with Crippen LogP contribution in [0.2, 0.25) is 0 Å². The molecule has 2 N–H and O–H groups in total. The normalized spacial score (nSPS) is 12.3. The van der Waals surface area contributed by atoms with Crippen LogP contribution in [0.3, 0.4) is 0 Å². The Labute approximate surface area is 118 Å². The summed E-state index contributed by atoms with van der Waals surface area (Å²) in [5, 5.41) is 6.92. The smallest absolute Gasteiger partial charge is 0.231 e. The van der Waals surface area contributed by atoms with E-state index in [-0.39, 0.29) is 0 Å². The van der Waals surface area contributed by atoms with E-state index in [0.717, 1.165) is 36.6 Å². The van der Waals surface area contributed by atoms with Crippen molar-refractivity contribution in [2.24, 2.45) is 0 Å². The van der Waals surface area contributed by atoms with Gasteiger partial charge in [0.25, 0.3) is 0 Å². The maximum atomic E-state index is 5.33. The van der Waals surface area contributed by atoms with Gasteiger partial charge in [-0.15, -0.1) is 0 Å². The van der Waals surface area contributed by atoms with Crippen molar-refractivity contribution >= 4 is 17.3 Å². The average molecular weight is 282 g/mol. The van der Waals surface area contributed by atoms with Gasteiger partial charge in [-0.2, -0.15) is 0 Å². The van der Waals surface area contributed by atoms with E-state index in [1.807, 2.05) is 18.2 Å².